The molecule has 0 aromatic heterocycles. The summed E-state index contributed by atoms with van der Waals surface area (Å²) in [6, 6.07) is 3.87. The number of urea groups is 1. The molecular weight excluding hydrogens is 308 g/mol. The lowest BCUT2D eigenvalue weighted by Crippen LogP contribution is -2.43. The van der Waals surface area contributed by atoms with Crippen molar-refractivity contribution in [2.45, 2.75) is 26.2 Å². The van der Waals surface area contributed by atoms with Crippen LogP contribution in [0.3, 0.4) is 0 Å². The number of nitrogens with one attached hydrogen (secondary N) is 1. The second kappa shape index (κ2) is 5.04. The van der Waals surface area contributed by atoms with E-state index < -0.39 is 0 Å². The van der Waals surface area contributed by atoms with Crippen molar-refractivity contribution in [2.24, 2.45) is 0 Å². The molecule has 0 bridgehead atoms. The van der Waals surface area contributed by atoms with Gasteiger partial charge in [0.15, 0.2) is 0 Å². The molecule has 0 radical (unpaired) electrons. The van der Waals surface area contributed by atoms with Crippen LogP contribution in [0.1, 0.15) is 26.3 Å². The molecule has 2 amide bonds. The number of hydrogen-bond donors (Lipinski definition) is 1. The molecule has 0 fully saturated rings. The Morgan fingerprint density at radius 2 is 2.11 bits per heavy atom. The highest BCUT2D eigenvalue weighted by Crippen LogP contribution is 2.40. The summed E-state index contributed by atoms with van der Waals surface area (Å²) in [5.41, 5.74) is 2.00. The number of hydrogen-bond acceptors (Lipinski definition) is 2. The molecule has 1 aromatic rings. The first-order valence-corrected chi connectivity index (χ1v) is 7.10. The highest BCUT2D eigenvalue weighted by molar-refractivity contribution is 9.10. The number of anilines is 1. The molecule has 0 spiro atoms. The summed E-state index contributed by atoms with van der Waals surface area (Å²) in [6.07, 6.45) is 0. The quantitative estimate of drug-likeness (QED) is 0.794. The molecule has 0 atom stereocenters. The van der Waals surface area contributed by atoms with Gasteiger partial charge in [-0.2, -0.15) is 0 Å². The molecule has 19 heavy (non-hydrogen) atoms. The van der Waals surface area contributed by atoms with Gasteiger partial charge < -0.3 is 10.1 Å². The fourth-order valence-electron chi connectivity index (χ4n) is 2.16. The largest absolute Gasteiger partial charge is 0.490 e. The van der Waals surface area contributed by atoms with Crippen LogP contribution in [0.15, 0.2) is 16.6 Å². The summed E-state index contributed by atoms with van der Waals surface area (Å²) >= 11 is 3.60. The monoisotopic (exact) mass is 326 g/mol. The van der Waals surface area contributed by atoms with Crippen molar-refractivity contribution in [3.8, 4) is 5.75 Å². The first-order valence-electron chi connectivity index (χ1n) is 6.30. The highest BCUT2D eigenvalue weighted by Gasteiger charge is 2.27. The zero-order valence-corrected chi connectivity index (χ0v) is 13.3. The summed E-state index contributed by atoms with van der Waals surface area (Å²) < 4.78 is 6.69. The third-order valence-corrected chi connectivity index (χ3v) is 3.83. The maximum atomic E-state index is 11.9. The van der Waals surface area contributed by atoms with E-state index in [-0.39, 0.29) is 11.4 Å². The zero-order chi connectivity index (χ0) is 14.2. The Bertz CT molecular complexity index is 509. The molecule has 1 aliphatic heterocycles. The molecule has 2 rings (SSSR count). The van der Waals surface area contributed by atoms with Gasteiger partial charge in [-0.15, -0.1) is 0 Å². The van der Waals surface area contributed by atoms with Crippen molar-refractivity contribution in [1.82, 2.24) is 5.32 Å². The van der Waals surface area contributed by atoms with Crippen molar-refractivity contribution in [2.75, 3.05) is 25.1 Å². The second-order valence-electron chi connectivity index (χ2n) is 5.61. The fourth-order valence-corrected chi connectivity index (χ4v) is 3.08. The van der Waals surface area contributed by atoms with Crippen LogP contribution < -0.4 is 15.0 Å². The first-order chi connectivity index (χ1) is 8.84. The van der Waals surface area contributed by atoms with Crippen molar-refractivity contribution in [3.63, 3.8) is 0 Å². The van der Waals surface area contributed by atoms with Crippen molar-refractivity contribution >= 4 is 27.6 Å². The van der Waals surface area contributed by atoms with E-state index in [1.807, 2.05) is 12.1 Å². The average Bonchev–Trinajstić information content (AvgIpc) is 2.35. The number of rotatable bonds is 0. The number of fused-ring (bicyclic) bond motifs is 1. The van der Waals surface area contributed by atoms with Gasteiger partial charge in [-0.05, 0) is 23.1 Å². The molecule has 1 heterocycles. The molecule has 0 saturated carbocycles. The topological polar surface area (TPSA) is 41.6 Å². The summed E-state index contributed by atoms with van der Waals surface area (Å²) in [4.78, 5) is 13.6. The minimum absolute atomic E-state index is 0.0204. The number of carbonyl (C=O) groups excluding carboxylic acids is 1. The number of nitrogens with zero attached hydrogens (tertiary/aromatic N) is 1. The molecule has 5 heteroatoms. The Morgan fingerprint density at radius 3 is 2.68 bits per heavy atom. The van der Waals surface area contributed by atoms with Crippen LogP contribution in [0.2, 0.25) is 0 Å². The van der Waals surface area contributed by atoms with Gasteiger partial charge in [0.05, 0.1) is 12.2 Å². The van der Waals surface area contributed by atoms with Gasteiger partial charge in [0.1, 0.15) is 12.4 Å². The van der Waals surface area contributed by atoms with Crippen LogP contribution in [0.25, 0.3) is 0 Å². The first kappa shape index (κ1) is 14.2. The van der Waals surface area contributed by atoms with Gasteiger partial charge in [0.2, 0.25) is 0 Å². The van der Waals surface area contributed by atoms with E-state index in [1.54, 1.807) is 11.9 Å². The van der Waals surface area contributed by atoms with E-state index in [4.69, 9.17) is 4.74 Å². The van der Waals surface area contributed by atoms with E-state index >= 15 is 0 Å². The summed E-state index contributed by atoms with van der Waals surface area (Å²) in [5.74, 6) is 0.767. The SMILES string of the molecule is CNC(=O)N1CCOc2cc(C(C)(C)C)c(Br)cc21. The molecule has 1 N–H and O–H groups in total. The minimum Gasteiger partial charge on any atom is -0.490 e. The lowest BCUT2D eigenvalue weighted by molar-refractivity contribution is 0.241. The Balaban J connectivity index is 2.50. The van der Waals surface area contributed by atoms with E-state index in [0.717, 1.165) is 15.9 Å². The van der Waals surface area contributed by atoms with Crippen LogP contribution in [0.5, 0.6) is 5.75 Å². The Kier molecular flexibility index (Phi) is 3.76. The highest BCUT2D eigenvalue weighted by atomic mass is 79.9. The van der Waals surface area contributed by atoms with Crippen LogP contribution in [-0.2, 0) is 5.41 Å². The lowest BCUT2D eigenvalue weighted by Gasteiger charge is -2.31. The van der Waals surface area contributed by atoms with Gasteiger partial charge >= 0.3 is 6.03 Å². The predicted molar refractivity (Wildman–Crippen MR) is 80.1 cm³/mol. The third-order valence-electron chi connectivity index (χ3n) is 3.18. The van der Waals surface area contributed by atoms with Crippen LogP contribution in [0.4, 0.5) is 10.5 Å². The van der Waals surface area contributed by atoms with Gasteiger partial charge in [0, 0.05) is 11.5 Å². The Morgan fingerprint density at radius 1 is 1.42 bits per heavy atom. The van der Waals surface area contributed by atoms with E-state index in [2.05, 4.69) is 42.0 Å². The molecule has 0 aliphatic carbocycles. The minimum atomic E-state index is -0.111. The molecule has 0 unspecified atom stereocenters. The zero-order valence-electron chi connectivity index (χ0n) is 11.7. The van der Waals surface area contributed by atoms with Gasteiger partial charge in [-0.3, -0.25) is 4.90 Å². The van der Waals surface area contributed by atoms with E-state index in [1.165, 1.54) is 5.56 Å². The predicted octanol–water partition coefficient (Wildman–Crippen LogP) is 3.28. The standard InChI is InChI=1S/C14H19BrN2O2/c1-14(2,3)9-7-12-11(8-10(9)15)17(5-6-19-12)13(18)16-4/h7-8H,5-6H2,1-4H3,(H,16,18). The number of ether oxygens (including phenoxy) is 1. The number of halogens is 1. The normalized spacial score (nSPS) is 14.7. The molecule has 1 aliphatic rings. The maximum Gasteiger partial charge on any atom is 0.321 e. The Hall–Kier alpha value is -1.23. The number of amides is 2. The second-order valence-corrected chi connectivity index (χ2v) is 6.46. The lowest BCUT2D eigenvalue weighted by atomic mass is 9.86. The van der Waals surface area contributed by atoms with E-state index in [9.17, 15) is 4.79 Å². The van der Waals surface area contributed by atoms with Crippen molar-refractivity contribution in [1.29, 1.82) is 0 Å². The number of benzene rings is 1. The van der Waals surface area contributed by atoms with Crippen LogP contribution in [0, 0.1) is 0 Å². The maximum absolute atomic E-state index is 11.9. The van der Waals surface area contributed by atoms with Crippen LogP contribution in [-0.4, -0.2) is 26.2 Å². The van der Waals surface area contributed by atoms with Crippen molar-refractivity contribution in [3.05, 3.63) is 22.2 Å². The summed E-state index contributed by atoms with van der Waals surface area (Å²) in [7, 11) is 1.63. The average molecular weight is 327 g/mol. The smallest absolute Gasteiger partial charge is 0.321 e. The summed E-state index contributed by atoms with van der Waals surface area (Å²) in [6.45, 7) is 7.54. The molecule has 4 nitrogen and oxygen atoms in total. The molecular formula is C14H19BrN2O2. The van der Waals surface area contributed by atoms with Gasteiger partial charge in [-0.25, -0.2) is 4.79 Å². The van der Waals surface area contributed by atoms with E-state index in [0.29, 0.717) is 13.2 Å². The molecule has 0 saturated heterocycles. The van der Waals surface area contributed by atoms with Gasteiger partial charge in [-0.1, -0.05) is 36.7 Å². The molecule has 1 aromatic carbocycles. The molecule has 104 valence electrons. The Labute approximate surface area is 122 Å². The summed E-state index contributed by atoms with van der Waals surface area (Å²) in [5, 5.41) is 2.66. The van der Waals surface area contributed by atoms with Gasteiger partial charge in [0.25, 0.3) is 0 Å². The third kappa shape index (κ3) is 2.71. The van der Waals surface area contributed by atoms with Crippen LogP contribution >= 0.6 is 15.9 Å². The fraction of sp³-hybridized carbons (Fsp3) is 0.500. The number of carbonyl (C=O) groups is 1. The van der Waals surface area contributed by atoms with Crippen molar-refractivity contribution < 1.29 is 9.53 Å².